The first-order valence-corrected chi connectivity index (χ1v) is 44.0. The Kier molecular flexibility index (Phi) is 28.7. The highest BCUT2D eigenvalue weighted by Crippen LogP contribution is 2.33. The van der Waals surface area contributed by atoms with E-state index in [1.54, 1.807) is 72.8 Å². The van der Waals surface area contributed by atoms with Gasteiger partial charge in [-0.1, -0.05) is 53.4 Å². The molecule has 0 spiro atoms. The van der Waals surface area contributed by atoms with Crippen LogP contribution in [0.25, 0.3) is 0 Å². The summed E-state index contributed by atoms with van der Waals surface area (Å²) in [4.78, 5) is 64.9. The Morgan fingerprint density at radius 3 is 0.934 bits per heavy atom. The van der Waals surface area contributed by atoms with Crippen LogP contribution >= 0.6 is 0 Å². The number of rotatable bonds is 40. The zero-order chi connectivity index (χ0) is 65.9. The number of hydrogen-bond acceptors (Lipinski definition) is 20. The molecule has 0 saturated carbocycles. The van der Waals surface area contributed by atoms with E-state index in [9.17, 15) is 19.2 Å². The summed E-state index contributed by atoms with van der Waals surface area (Å²) in [6.45, 7) is 28.4. The molecule has 24 heteroatoms. The van der Waals surface area contributed by atoms with Gasteiger partial charge in [-0.25, -0.2) is 19.2 Å². The minimum Gasteiger partial charge on any atom is -0.462 e. The zero-order valence-corrected chi connectivity index (χ0v) is 59.5. The van der Waals surface area contributed by atoms with Gasteiger partial charge in [0.1, 0.15) is 0 Å². The molecule has 492 valence electrons. The molecule has 0 aliphatic rings. The molecule has 20 nitrogen and oxygen atoms in total. The van der Waals surface area contributed by atoms with E-state index in [4.69, 9.17) is 46.2 Å². The number of carbonyl (C=O) groups excluding carboxylic acids is 4. The van der Waals surface area contributed by atoms with Gasteiger partial charge >= 0.3 is 41.0 Å². The van der Waals surface area contributed by atoms with Crippen molar-refractivity contribution >= 4 is 115 Å². The van der Waals surface area contributed by atoms with Gasteiger partial charge in [0.2, 0.25) is 17.8 Å². The number of unbranched alkanes of at least 4 members (excludes halogenated alkanes) is 4. The Morgan fingerprint density at radius 1 is 0.341 bits per heavy atom. The summed E-state index contributed by atoms with van der Waals surface area (Å²) in [5, 5.41) is 20.7. The Hall–Kier alpha value is -7.46. The number of benzene rings is 5. The van der Waals surface area contributed by atoms with Crippen molar-refractivity contribution in [3.8, 4) is 0 Å². The summed E-state index contributed by atoms with van der Waals surface area (Å²) < 4.78 is 43.5. The average molecular weight is 1320 g/mol. The van der Waals surface area contributed by atoms with E-state index in [1.807, 2.05) is 56.3 Å². The van der Waals surface area contributed by atoms with Crippen LogP contribution in [0.3, 0.4) is 0 Å². The standard InChI is InChI=1S/C67H97N9O11Si4/c1-13-17-41-81-61(77)50-23-31-54(32-24-50)70-59-47-58(48-60(49-59)71-55-33-25-51(26-34-55)62(78)82-42-18-14-2)68-39-21-45-90(11,85-88(5,6)7)87-91(12,86-89(8,9)10)46-22-40-69-65-74-66(72-56-35-27-52(28-36-56)63(79)83-43-19-15-3)76-67(75-65)73-57-37-29-53(30-38-57)64(80)84-44-20-16-4/h23-38,47-49,68,70-71H,13-22,39-46H2,1-12H3,(H3,69,72,73,74,75,76). The van der Waals surface area contributed by atoms with E-state index in [1.165, 1.54) is 0 Å². The van der Waals surface area contributed by atoms with E-state index in [0.29, 0.717) is 91.6 Å². The fourth-order valence-electron chi connectivity index (χ4n) is 9.61. The highest BCUT2D eigenvalue weighted by Gasteiger charge is 2.46. The smallest absolute Gasteiger partial charge is 0.338 e. The van der Waals surface area contributed by atoms with E-state index in [0.717, 1.165) is 92.3 Å². The summed E-state index contributed by atoms with van der Waals surface area (Å²) in [5.41, 5.74) is 7.24. The molecule has 5 aromatic carbocycles. The predicted molar refractivity (Wildman–Crippen MR) is 375 cm³/mol. The summed E-state index contributed by atoms with van der Waals surface area (Å²) in [6.07, 6.45) is 8.38. The quantitative estimate of drug-likeness (QED) is 0.00906. The molecular formula is C67H97N9O11Si4. The third kappa shape index (κ3) is 26.4. The van der Waals surface area contributed by atoms with E-state index in [-0.39, 0.29) is 35.8 Å². The van der Waals surface area contributed by atoms with E-state index < -0.39 is 33.8 Å². The average Bonchev–Trinajstić information content (AvgIpc) is 1.25. The first-order chi connectivity index (χ1) is 43.4. The maximum Gasteiger partial charge on any atom is 0.338 e. The number of ether oxygens (including phenoxy) is 4. The lowest BCUT2D eigenvalue weighted by atomic mass is 10.1. The Labute approximate surface area is 543 Å². The van der Waals surface area contributed by atoms with Gasteiger partial charge in [0.05, 0.1) is 48.7 Å². The van der Waals surface area contributed by atoms with Crippen molar-refractivity contribution in [2.24, 2.45) is 0 Å². The van der Waals surface area contributed by atoms with Gasteiger partial charge in [-0.05, 0) is 218 Å². The van der Waals surface area contributed by atoms with Crippen molar-refractivity contribution in [1.29, 1.82) is 0 Å². The summed E-state index contributed by atoms with van der Waals surface area (Å²) in [5.74, 6) is -0.614. The monoisotopic (exact) mass is 1320 g/mol. The number of nitrogens with one attached hydrogen (secondary N) is 6. The number of hydrogen-bond donors (Lipinski definition) is 6. The van der Waals surface area contributed by atoms with Crippen molar-refractivity contribution < 1.29 is 50.5 Å². The molecule has 0 aliphatic carbocycles. The highest BCUT2D eigenvalue weighted by atomic mass is 28.5. The summed E-state index contributed by atoms with van der Waals surface area (Å²) in [7, 11) is -10.1. The highest BCUT2D eigenvalue weighted by molar-refractivity contribution is 6.89. The molecule has 2 atom stereocenters. The molecule has 2 unspecified atom stereocenters. The normalized spacial score (nSPS) is 12.8. The Balaban J connectivity index is 1.16. The minimum atomic E-state index is -2.93. The fourth-order valence-corrected chi connectivity index (χ4v) is 28.0. The van der Waals surface area contributed by atoms with Crippen LogP contribution in [0.15, 0.2) is 115 Å². The van der Waals surface area contributed by atoms with Gasteiger partial charge in [0.15, 0.2) is 16.6 Å². The number of carbonyl (C=O) groups is 4. The summed E-state index contributed by atoms with van der Waals surface area (Å²) >= 11 is 0. The fraction of sp³-hybridized carbons (Fsp3) is 0.448. The van der Waals surface area contributed by atoms with Gasteiger partial charge in [-0.15, -0.1) is 0 Å². The number of esters is 4. The molecule has 0 saturated heterocycles. The molecule has 6 aromatic rings. The van der Waals surface area contributed by atoms with Crippen LogP contribution in [0.2, 0.25) is 64.5 Å². The van der Waals surface area contributed by atoms with Gasteiger partial charge in [0.25, 0.3) is 0 Å². The molecule has 0 aliphatic heterocycles. The lowest BCUT2D eigenvalue weighted by molar-refractivity contribution is 0.0490. The molecule has 1 heterocycles. The van der Waals surface area contributed by atoms with E-state index >= 15 is 0 Å². The molecule has 91 heavy (non-hydrogen) atoms. The molecule has 0 fully saturated rings. The van der Waals surface area contributed by atoms with E-state index in [2.05, 4.69) is 98.1 Å². The second-order valence-corrected chi connectivity index (χ2v) is 41.2. The van der Waals surface area contributed by atoms with Gasteiger partial charge in [-0.2, -0.15) is 15.0 Å². The van der Waals surface area contributed by atoms with Crippen LogP contribution < -0.4 is 31.9 Å². The van der Waals surface area contributed by atoms with Crippen LogP contribution in [0, 0.1) is 0 Å². The Morgan fingerprint density at radius 2 is 0.626 bits per heavy atom. The number of anilines is 10. The van der Waals surface area contributed by atoms with Crippen LogP contribution in [0.5, 0.6) is 0 Å². The van der Waals surface area contributed by atoms with Gasteiger partial charge in [0, 0.05) is 52.9 Å². The SMILES string of the molecule is CCCCOC(=O)c1ccc(Nc2cc(NCCC[Si](C)(O[Si](C)(C)C)O[Si](C)(CCCNc3nc(Nc4ccc(C(=O)OCCCC)cc4)nc(Nc4ccc(C(=O)OCCCC)cc4)n3)O[Si](C)(C)C)cc(Nc3ccc(C(=O)OCCCC)cc3)c2)cc1. The Bertz CT molecular complexity index is 2860. The molecule has 1 aromatic heterocycles. The zero-order valence-electron chi connectivity index (χ0n) is 55.5. The maximum absolute atomic E-state index is 12.7. The lowest BCUT2D eigenvalue weighted by Crippen LogP contribution is -2.58. The van der Waals surface area contributed by atoms with Crippen molar-refractivity contribution in [3.63, 3.8) is 0 Å². The van der Waals surface area contributed by atoms with Crippen LogP contribution in [0.1, 0.15) is 133 Å². The lowest BCUT2D eigenvalue weighted by Gasteiger charge is -2.43. The third-order valence-corrected chi connectivity index (χ3v) is 28.1. The molecule has 6 N–H and O–H groups in total. The molecule has 0 radical (unpaired) electrons. The summed E-state index contributed by atoms with van der Waals surface area (Å²) in [6, 6.07) is 35.9. The van der Waals surface area contributed by atoms with Crippen molar-refractivity contribution in [2.45, 2.75) is 156 Å². The minimum absolute atomic E-state index is 0.259. The molecule has 0 bridgehead atoms. The first-order valence-electron chi connectivity index (χ1n) is 32.1. The largest absolute Gasteiger partial charge is 0.462 e. The van der Waals surface area contributed by atoms with Crippen LogP contribution in [0.4, 0.5) is 57.7 Å². The van der Waals surface area contributed by atoms with Gasteiger partial charge < -0.3 is 63.2 Å². The van der Waals surface area contributed by atoms with Gasteiger partial charge in [-0.3, -0.25) is 0 Å². The molecular weight excluding hydrogens is 1220 g/mol. The number of nitrogens with zero attached hydrogens (tertiary/aromatic N) is 3. The number of aromatic nitrogens is 3. The predicted octanol–water partition coefficient (Wildman–Crippen LogP) is 16.8. The second-order valence-electron chi connectivity index (χ2n) is 24.7. The maximum atomic E-state index is 12.7. The van der Waals surface area contributed by atoms with Crippen LogP contribution in [-0.4, -0.2) is 112 Å². The third-order valence-electron chi connectivity index (χ3n) is 13.8. The van der Waals surface area contributed by atoms with Crippen molar-refractivity contribution in [2.75, 3.05) is 71.4 Å². The van der Waals surface area contributed by atoms with Crippen LogP contribution in [-0.2, 0) is 31.3 Å². The van der Waals surface area contributed by atoms with Crippen molar-refractivity contribution in [1.82, 2.24) is 15.0 Å². The van der Waals surface area contributed by atoms with Crippen molar-refractivity contribution in [3.05, 3.63) is 138 Å². The molecule has 0 amide bonds. The first kappa shape index (κ1) is 72.6. The second kappa shape index (κ2) is 36.0. The molecule has 6 rings (SSSR count). The topological polar surface area (TPSA) is 244 Å².